The Morgan fingerprint density at radius 1 is 1.44 bits per heavy atom. The number of hydrogen-bond acceptors (Lipinski definition) is 3. The Labute approximate surface area is 107 Å². The minimum Gasteiger partial charge on any atom is -0.333 e. The lowest BCUT2D eigenvalue weighted by molar-refractivity contribution is 0.0668. The molecule has 1 rings (SSSR count). The highest BCUT2D eigenvalue weighted by Gasteiger charge is 2.22. The lowest BCUT2D eigenvalue weighted by Gasteiger charge is -2.29. The molecule has 0 fully saturated rings. The van der Waals surface area contributed by atoms with Gasteiger partial charge in [0.15, 0.2) is 0 Å². The van der Waals surface area contributed by atoms with Gasteiger partial charge in [0.2, 0.25) is 0 Å². The molecule has 18 heavy (non-hydrogen) atoms. The van der Waals surface area contributed by atoms with Crippen LogP contribution < -0.4 is 5.73 Å². The maximum atomic E-state index is 12.8. The van der Waals surface area contributed by atoms with Crippen LogP contribution in [0.25, 0.3) is 0 Å². The molecule has 1 aromatic heterocycles. The molecule has 0 aromatic carbocycles. The summed E-state index contributed by atoms with van der Waals surface area (Å²) in [6.45, 7) is 4.96. The summed E-state index contributed by atoms with van der Waals surface area (Å²) in [6.07, 6.45) is 2.79. The van der Waals surface area contributed by atoms with E-state index in [1.165, 1.54) is 12.1 Å². The minimum absolute atomic E-state index is 0.146. The van der Waals surface area contributed by atoms with Crippen molar-refractivity contribution in [3.05, 3.63) is 29.8 Å². The molecule has 0 aliphatic heterocycles. The first kappa shape index (κ1) is 14.6. The fourth-order valence-corrected chi connectivity index (χ4v) is 1.97. The van der Waals surface area contributed by atoms with E-state index < -0.39 is 5.82 Å². The predicted molar refractivity (Wildman–Crippen MR) is 68.7 cm³/mol. The molecule has 5 heteroatoms. The van der Waals surface area contributed by atoms with Crippen molar-refractivity contribution in [2.75, 3.05) is 13.1 Å². The van der Waals surface area contributed by atoms with Crippen molar-refractivity contribution in [2.45, 2.75) is 32.7 Å². The number of halogens is 1. The number of amides is 1. The Balaban J connectivity index is 2.91. The Hall–Kier alpha value is -1.49. The molecule has 1 heterocycles. The second-order valence-corrected chi connectivity index (χ2v) is 4.12. The first-order valence-corrected chi connectivity index (χ1v) is 6.26. The van der Waals surface area contributed by atoms with Crippen LogP contribution in [0.1, 0.15) is 37.2 Å². The first-order valence-electron chi connectivity index (χ1n) is 6.26. The summed E-state index contributed by atoms with van der Waals surface area (Å²) < 4.78 is 12.8. The van der Waals surface area contributed by atoms with E-state index in [1.54, 1.807) is 4.90 Å². The van der Waals surface area contributed by atoms with Crippen LogP contribution in [0.15, 0.2) is 18.3 Å². The minimum atomic E-state index is -0.445. The molecule has 100 valence electrons. The highest BCUT2D eigenvalue weighted by molar-refractivity contribution is 5.92. The van der Waals surface area contributed by atoms with Gasteiger partial charge >= 0.3 is 0 Å². The van der Waals surface area contributed by atoms with Crippen molar-refractivity contribution in [3.63, 3.8) is 0 Å². The Morgan fingerprint density at radius 2 is 2.11 bits per heavy atom. The van der Waals surface area contributed by atoms with E-state index in [2.05, 4.69) is 4.98 Å². The predicted octanol–water partition coefficient (Wildman–Crippen LogP) is 1.81. The van der Waals surface area contributed by atoms with Gasteiger partial charge in [0, 0.05) is 19.1 Å². The highest BCUT2D eigenvalue weighted by atomic mass is 19.1. The Bertz CT molecular complexity index is 376. The molecule has 1 amide bonds. The standard InChI is InChI=1S/C13H20FN3O/c1-3-11(4-2)17(8-7-15)13(18)12-6-5-10(14)9-16-12/h5-6,9,11H,3-4,7-8,15H2,1-2H3. The van der Waals surface area contributed by atoms with Gasteiger partial charge in [-0.3, -0.25) is 4.79 Å². The van der Waals surface area contributed by atoms with Gasteiger partial charge < -0.3 is 10.6 Å². The van der Waals surface area contributed by atoms with Gasteiger partial charge in [-0.1, -0.05) is 13.8 Å². The number of carbonyl (C=O) groups excluding carboxylic acids is 1. The molecule has 0 spiro atoms. The Morgan fingerprint density at radius 3 is 2.56 bits per heavy atom. The van der Waals surface area contributed by atoms with Crippen molar-refractivity contribution in [3.8, 4) is 0 Å². The van der Waals surface area contributed by atoms with Gasteiger partial charge in [0.1, 0.15) is 11.5 Å². The van der Waals surface area contributed by atoms with Crippen molar-refractivity contribution in [2.24, 2.45) is 5.73 Å². The summed E-state index contributed by atoms with van der Waals surface area (Å²) in [4.78, 5) is 17.8. The number of carbonyl (C=O) groups is 1. The quantitative estimate of drug-likeness (QED) is 0.841. The molecule has 2 N–H and O–H groups in total. The summed E-state index contributed by atoms with van der Waals surface area (Å²) in [7, 11) is 0. The van der Waals surface area contributed by atoms with Gasteiger partial charge in [-0.2, -0.15) is 0 Å². The lowest BCUT2D eigenvalue weighted by atomic mass is 10.1. The van der Waals surface area contributed by atoms with Crippen LogP contribution in [0.3, 0.4) is 0 Å². The van der Waals surface area contributed by atoms with Gasteiger partial charge in [0.25, 0.3) is 5.91 Å². The molecule has 0 radical (unpaired) electrons. The molecule has 0 atom stereocenters. The van der Waals surface area contributed by atoms with Crippen LogP contribution in [-0.2, 0) is 0 Å². The molecule has 0 bridgehead atoms. The van der Waals surface area contributed by atoms with Crippen LogP contribution in [0.4, 0.5) is 4.39 Å². The zero-order valence-corrected chi connectivity index (χ0v) is 10.9. The van der Waals surface area contributed by atoms with Gasteiger partial charge in [-0.05, 0) is 25.0 Å². The summed E-state index contributed by atoms with van der Waals surface area (Å²) in [5, 5.41) is 0. The van der Waals surface area contributed by atoms with E-state index in [9.17, 15) is 9.18 Å². The number of hydrogen-bond donors (Lipinski definition) is 1. The number of aromatic nitrogens is 1. The third-order valence-corrected chi connectivity index (χ3v) is 2.96. The number of nitrogens with two attached hydrogens (primary N) is 1. The molecule has 0 aliphatic carbocycles. The molecule has 0 saturated carbocycles. The van der Waals surface area contributed by atoms with E-state index in [0.29, 0.717) is 13.1 Å². The van der Waals surface area contributed by atoms with Crippen LogP contribution in [0, 0.1) is 5.82 Å². The molecule has 1 aromatic rings. The van der Waals surface area contributed by atoms with E-state index in [0.717, 1.165) is 19.0 Å². The van der Waals surface area contributed by atoms with E-state index in [-0.39, 0.29) is 17.6 Å². The van der Waals surface area contributed by atoms with Crippen LogP contribution in [0.2, 0.25) is 0 Å². The number of nitrogens with zero attached hydrogens (tertiary/aromatic N) is 2. The second kappa shape index (κ2) is 7.06. The van der Waals surface area contributed by atoms with Gasteiger partial charge in [0.05, 0.1) is 6.20 Å². The lowest BCUT2D eigenvalue weighted by Crippen LogP contribution is -2.43. The smallest absolute Gasteiger partial charge is 0.272 e. The zero-order valence-electron chi connectivity index (χ0n) is 10.9. The molecule has 4 nitrogen and oxygen atoms in total. The van der Waals surface area contributed by atoms with Crippen LogP contribution in [0.5, 0.6) is 0 Å². The Kier molecular flexibility index (Phi) is 5.71. The SMILES string of the molecule is CCC(CC)N(CCN)C(=O)c1ccc(F)cn1. The summed E-state index contributed by atoms with van der Waals surface area (Å²) in [6, 6.07) is 2.80. The van der Waals surface area contributed by atoms with E-state index in [4.69, 9.17) is 5.73 Å². The van der Waals surface area contributed by atoms with Crippen molar-refractivity contribution in [1.82, 2.24) is 9.88 Å². The normalized spacial score (nSPS) is 10.7. The maximum Gasteiger partial charge on any atom is 0.272 e. The van der Waals surface area contributed by atoms with E-state index in [1.807, 2.05) is 13.8 Å². The molecule has 0 saturated heterocycles. The van der Waals surface area contributed by atoms with E-state index >= 15 is 0 Å². The average Bonchev–Trinajstić information content (AvgIpc) is 2.39. The molecular formula is C13H20FN3O. The fraction of sp³-hybridized carbons (Fsp3) is 0.538. The first-order chi connectivity index (χ1) is 8.63. The van der Waals surface area contributed by atoms with Crippen LogP contribution in [-0.4, -0.2) is 34.9 Å². The zero-order chi connectivity index (χ0) is 13.5. The highest BCUT2D eigenvalue weighted by Crippen LogP contribution is 2.12. The topological polar surface area (TPSA) is 59.2 Å². The maximum absolute atomic E-state index is 12.8. The fourth-order valence-electron chi connectivity index (χ4n) is 1.97. The third kappa shape index (κ3) is 3.50. The number of pyridine rings is 1. The van der Waals surface area contributed by atoms with Crippen molar-refractivity contribution >= 4 is 5.91 Å². The third-order valence-electron chi connectivity index (χ3n) is 2.96. The second-order valence-electron chi connectivity index (χ2n) is 4.12. The van der Waals surface area contributed by atoms with Gasteiger partial charge in [-0.25, -0.2) is 9.37 Å². The summed E-state index contributed by atoms with van der Waals surface area (Å²) in [5.41, 5.74) is 5.80. The average molecular weight is 253 g/mol. The number of rotatable bonds is 6. The summed E-state index contributed by atoms with van der Waals surface area (Å²) in [5.74, 6) is -0.631. The molecule has 0 unspecified atom stereocenters. The molecular weight excluding hydrogens is 233 g/mol. The van der Waals surface area contributed by atoms with Crippen LogP contribution >= 0.6 is 0 Å². The largest absolute Gasteiger partial charge is 0.333 e. The summed E-state index contributed by atoms with van der Waals surface area (Å²) >= 11 is 0. The monoisotopic (exact) mass is 253 g/mol. The molecule has 0 aliphatic rings. The van der Waals surface area contributed by atoms with Gasteiger partial charge in [-0.15, -0.1) is 0 Å². The van der Waals surface area contributed by atoms with Crippen molar-refractivity contribution in [1.29, 1.82) is 0 Å². The van der Waals surface area contributed by atoms with Crippen molar-refractivity contribution < 1.29 is 9.18 Å².